The van der Waals surface area contributed by atoms with E-state index >= 15 is 4.39 Å². The molecule has 2 aliphatic heterocycles. The van der Waals surface area contributed by atoms with Crippen LogP contribution in [0.2, 0.25) is 0 Å². The molecular weight excluding hydrogens is 471 g/mol. The van der Waals surface area contributed by atoms with Crippen LogP contribution in [0.4, 0.5) is 13.2 Å². The van der Waals surface area contributed by atoms with Crippen molar-refractivity contribution in [2.75, 3.05) is 27.3 Å². The molecule has 0 saturated heterocycles. The summed E-state index contributed by atoms with van der Waals surface area (Å²) in [4.78, 5) is 14.5. The summed E-state index contributed by atoms with van der Waals surface area (Å²) in [6.07, 6.45) is 6.41. The Kier molecular flexibility index (Phi) is 5.77. The number of aliphatic imine (C=N–C) groups is 2. The van der Waals surface area contributed by atoms with E-state index in [0.717, 1.165) is 5.56 Å². The molecule has 2 atom stereocenters. The normalized spacial score (nSPS) is 24.8. The van der Waals surface area contributed by atoms with E-state index in [9.17, 15) is 8.78 Å². The second-order valence-electron chi connectivity index (χ2n) is 9.11. The van der Waals surface area contributed by atoms with Crippen LogP contribution in [0, 0.1) is 12.8 Å². The van der Waals surface area contributed by atoms with Crippen molar-refractivity contribution < 1.29 is 22.6 Å². The number of amidine groups is 1. The zero-order valence-corrected chi connectivity index (χ0v) is 20.1. The van der Waals surface area contributed by atoms with Gasteiger partial charge in [-0.25, -0.2) is 18.2 Å². The molecule has 1 aromatic carbocycles. The van der Waals surface area contributed by atoms with Gasteiger partial charge in [0.25, 0.3) is 5.92 Å². The maximum Gasteiger partial charge on any atom is 0.284 e. The number of fused-ring (bicyclic) bond motifs is 1. The standard InChI is InChI=1S/C26H26F3N5O2/c1-15-8-17(5-7-22(15)36-3)26(23-32-13-25(28,29)14-34(23)24(30)33-26)18-4-6-21(27)20(10-18)16-9-19(35-2)12-31-11-16/h4-9,11-12,18H,10,13-14H2,1-3H3,(H2,30,33). The lowest BCUT2D eigenvalue weighted by molar-refractivity contribution is -0.00476. The summed E-state index contributed by atoms with van der Waals surface area (Å²) in [6.45, 7) is 0.591. The lowest BCUT2D eigenvalue weighted by atomic mass is 9.71. The molecule has 0 saturated carbocycles. The Bertz CT molecular complexity index is 1340. The number of hydrogen-bond acceptors (Lipinski definition) is 7. The summed E-state index contributed by atoms with van der Waals surface area (Å²) >= 11 is 0. The maximum atomic E-state index is 15.1. The van der Waals surface area contributed by atoms with E-state index in [1.165, 1.54) is 24.3 Å². The van der Waals surface area contributed by atoms with E-state index < -0.39 is 36.3 Å². The first-order valence-corrected chi connectivity index (χ1v) is 11.5. The maximum absolute atomic E-state index is 15.1. The number of guanidine groups is 1. The quantitative estimate of drug-likeness (QED) is 0.668. The Labute approximate surface area is 206 Å². The van der Waals surface area contributed by atoms with Crippen molar-refractivity contribution in [1.82, 2.24) is 9.88 Å². The second kappa shape index (κ2) is 8.69. The number of hydrogen-bond donors (Lipinski definition) is 1. The summed E-state index contributed by atoms with van der Waals surface area (Å²) < 4.78 is 54.4. The topological polar surface area (TPSA) is 85.3 Å². The van der Waals surface area contributed by atoms with Crippen LogP contribution in [0.1, 0.15) is 23.1 Å². The Morgan fingerprint density at radius 1 is 1.14 bits per heavy atom. The molecule has 2 unspecified atom stereocenters. The fraction of sp³-hybridized carbons (Fsp3) is 0.346. The van der Waals surface area contributed by atoms with Crippen molar-refractivity contribution in [2.24, 2.45) is 21.6 Å². The summed E-state index contributed by atoms with van der Waals surface area (Å²) in [5.41, 5.74) is 7.52. The van der Waals surface area contributed by atoms with Gasteiger partial charge in [-0.05, 0) is 54.3 Å². The van der Waals surface area contributed by atoms with Crippen LogP contribution in [-0.2, 0) is 5.54 Å². The molecule has 1 aromatic heterocycles. The molecule has 10 heteroatoms. The minimum Gasteiger partial charge on any atom is -0.496 e. The largest absolute Gasteiger partial charge is 0.496 e. The molecule has 0 radical (unpaired) electrons. The van der Waals surface area contributed by atoms with Gasteiger partial charge in [0.15, 0.2) is 11.5 Å². The van der Waals surface area contributed by atoms with Crippen molar-refractivity contribution in [1.29, 1.82) is 0 Å². The minimum absolute atomic E-state index is 0.0466. The number of aryl methyl sites for hydroxylation is 1. The number of rotatable bonds is 5. The van der Waals surface area contributed by atoms with Gasteiger partial charge in [0.1, 0.15) is 29.7 Å². The highest BCUT2D eigenvalue weighted by Gasteiger charge is 2.56. The number of aromatic nitrogens is 1. The summed E-state index contributed by atoms with van der Waals surface area (Å²) in [6, 6.07) is 7.23. The minimum atomic E-state index is -3.04. The zero-order valence-electron chi connectivity index (χ0n) is 20.1. The lowest BCUT2D eigenvalue weighted by Crippen LogP contribution is -2.54. The first-order valence-electron chi connectivity index (χ1n) is 11.5. The van der Waals surface area contributed by atoms with Crippen LogP contribution in [0.25, 0.3) is 5.57 Å². The third kappa shape index (κ3) is 3.81. The molecule has 5 rings (SSSR count). The molecule has 2 N–H and O–H groups in total. The molecule has 3 heterocycles. The summed E-state index contributed by atoms with van der Waals surface area (Å²) in [5.74, 6) is -2.48. The average molecular weight is 498 g/mol. The first kappa shape index (κ1) is 23.9. The molecule has 7 nitrogen and oxygen atoms in total. The Morgan fingerprint density at radius 3 is 2.67 bits per heavy atom. The van der Waals surface area contributed by atoms with Crippen LogP contribution < -0.4 is 15.2 Å². The molecule has 0 fully saturated rings. The summed E-state index contributed by atoms with van der Waals surface area (Å²) in [7, 11) is 3.09. The number of halogens is 3. The number of allylic oxidation sites excluding steroid dienone is 3. The Hall–Kier alpha value is -3.82. The van der Waals surface area contributed by atoms with E-state index in [1.807, 2.05) is 19.1 Å². The van der Waals surface area contributed by atoms with E-state index in [1.54, 1.807) is 31.5 Å². The number of nitrogens with zero attached hydrogens (tertiary/aromatic N) is 4. The Balaban J connectivity index is 1.66. The number of nitrogens with two attached hydrogens (primary N) is 1. The van der Waals surface area contributed by atoms with Crippen molar-refractivity contribution in [3.8, 4) is 11.5 Å². The Morgan fingerprint density at radius 2 is 1.94 bits per heavy atom. The van der Waals surface area contributed by atoms with E-state index in [-0.39, 0.29) is 12.4 Å². The van der Waals surface area contributed by atoms with Crippen LogP contribution in [0.15, 0.2) is 64.6 Å². The van der Waals surface area contributed by atoms with Crippen molar-refractivity contribution >= 4 is 17.4 Å². The first-order chi connectivity index (χ1) is 17.2. The smallest absolute Gasteiger partial charge is 0.284 e. The second-order valence-corrected chi connectivity index (χ2v) is 9.11. The van der Waals surface area contributed by atoms with Crippen LogP contribution >= 0.6 is 0 Å². The van der Waals surface area contributed by atoms with Crippen molar-refractivity contribution in [3.05, 3.63) is 71.3 Å². The molecule has 36 heavy (non-hydrogen) atoms. The van der Waals surface area contributed by atoms with Crippen LogP contribution in [0.5, 0.6) is 11.5 Å². The predicted octanol–water partition coefficient (Wildman–Crippen LogP) is 4.24. The number of alkyl halides is 2. The fourth-order valence-electron chi connectivity index (χ4n) is 5.14. The van der Waals surface area contributed by atoms with Crippen molar-refractivity contribution in [3.63, 3.8) is 0 Å². The van der Waals surface area contributed by atoms with E-state index in [2.05, 4.69) is 9.98 Å². The number of ether oxygens (including phenoxy) is 2. The SMILES string of the molecule is COc1cncc(C2=C(F)C=CC(C3(c4ccc(OC)c(C)c4)N=C(N)N4CC(F)(F)CN=C43)C2)c1. The van der Waals surface area contributed by atoms with Gasteiger partial charge in [-0.2, -0.15) is 0 Å². The molecule has 1 aliphatic carbocycles. The van der Waals surface area contributed by atoms with Gasteiger partial charge in [0, 0.05) is 17.7 Å². The van der Waals surface area contributed by atoms with Crippen LogP contribution in [-0.4, -0.2) is 54.9 Å². The van der Waals surface area contributed by atoms with Crippen LogP contribution in [0.3, 0.4) is 0 Å². The zero-order chi connectivity index (χ0) is 25.7. The van der Waals surface area contributed by atoms with E-state index in [0.29, 0.717) is 34.0 Å². The highest BCUT2D eigenvalue weighted by Crippen LogP contribution is 2.49. The van der Waals surface area contributed by atoms with Gasteiger partial charge >= 0.3 is 0 Å². The number of benzene rings is 1. The molecule has 2 aromatic rings. The fourth-order valence-corrected chi connectivity index (χ4v) is 5.14. The molecule has 3 aliphatic rings. The molecule has 0 spiro atoms. The number of pyridine rings is 1. The highest BCUT2D eigenvalue weighted by atomic mass is 19.3. The highest BCUT2D eigenvalue weighted by molar-refractivity contribution is 6.11. The number of methoxy groups -OCH3 is 2. The predicted molar refractivity (Wildman–Crippen MR) is 131 cm³/mol. The van der Waals surface area contributed by atoms with Gasteiger partial charge in [0.05, 0.1) is 27.0 Å². The van der Waals surface area contributed by atoms with E-state index in [4.69, 9.17) is 20.2 Å². The monoisotopic (exact) mass is 497 g/mol. The third-order valence-corrected chi connectivity index (χ3v) is 6.87. The van der Waals surface area contributed by atoms with Gasteiger partial charge in [-0.15, -0.1) is 0 Å². The molecule has 0 amide bonds. The van der Waals surface area contributed by atoms with Gasteiger partial charge in [-0.3, -0.25) is 14.9 Å². The van der Waals surface area contributed by atoms with Crippen molar-refractivity contribution in [2.45, 2.75) is 24.8 Å². The van der Waals surface area contributed by atoms with Gasteiger partial charge < -0.3 is 15.2 Å². The molecule has 0 bridgehead atoms. The summed E-state index contributed by atoms with van der Waals surface area (Å²) in [5, 5.41) is 0. The van der Waals surface area contributed by atoms with Gasteiger partial charge in [0.2, 0.25) is 0 Å². The molecule has 188 valence electrons. The average Bonchev–Trinajstić information content (AvgIpc) is 3.15. The van der Waals surface area contributed by atoms with Gasteiger partial charge in [-0.1, -0.05) is 12.1 Å². The molecular formula is C26H26F3N5O2. The lowest BCUT2D eigenvalue weighted by Gasteiger charge is -2.39. The third-order valence-electron chi connectivity index (χ3n) is 6.87.